The second-order valence-electron chi connectivity index (χ2n) is 6.44. The van der Waals surface area contributed by atoms with Crippen molar-refractivity contribution >= 4 is 0 Å². The molecule has 0 fully saturated rings. The smallest absolute Gasteiger partial charge is 0.181 e. The van der Waals surface area contributed by atoms with Crippen molar-refractivity contribution in [3.8, 4) is 0 Å². The van der Waals surface area contributed by atoms with Crippen LogP contribution in [0, 0.1) is 0 Å². The molecule has 128 valence electrons. The zero-order valence-corrected chi connectivity index (χ0v) is 16.4. The summed E-state index contributed by atoms with van der Waals surface area (Å²) in [6, 6.07) is 6.50. The van der Waals surface area contributed by atoms with Crippen LogP contribution in [0.15, 0.2) is 24.4 Å². The van der Waals surface area contributed by atoms with Gasteiger partial charge in [-0.05, 0) is 6.42 Å². The summed E-state index contributed by atoms with van der Waals surface area (Å²) in [5.74, 6) is 0. The Balaban J connectivity index is 0.00000441. The monoisotopic (exact) mass is 369 g/mol. The average Bonchev–Trinajstić information content (AvgIpc) is 2.50. The van der Waals surface area contributed by atoms with E-state index in [0.717, 1.165) is 0 Å². The van der Waals surface area contributed by atoms with Crippen molar-refractivity contribution < 1.29 is 21.5 Å². The summed E-state index contributed by atoms with van der Waals surface area (Å²) in [4.78, 5) is 0. The fourth-order valence-corrected chi connectivity index (χ4v) is 2.97. The zero-order valence-electron chi connectivity index (χ0n) is 14.8. The van der Waals surface area contributed by atoms with Crippen LogP contribution < -0.4 is 21.5 Å². The van der Waals surface area contributed by atoms with Gasteiger partial charge >= 0.3 is 0 Å². The Hall–Kier alpha value is -0.370. The number of hydrogen-bond donors (Lipinski definition) is 0. The van der Waals surface area contributed by atoms with Crippen LogP contribution in [0.5, 0.6) is 0 Å². The van der Waals surface area contributed by atoms with E-state index in [1.54, 1.807) is 0 Å². The topological polar surface area (TPSA) is 3.88 Å². The van der Waals surface area contributed by atoms with Gasteiger partial charge in [-0.15, -0.1) is 0 Å². The van der Waals surface area contributed by atoms with Gasteiger partial charge in [0.25, 0.3) is 0 Å². The van der Waals surface area contributed by atoms with Crippen molar-refractivity contribution in [2.24, 2.45) is 7.05 Å². The molecule has 1 rings (SSSR count). The second-order valence-corrected chi connectivity index (χ2v) is 6.44. The van der Waals surface area contributed by atoms with E-state index in [0.29, 0.717) is 0 Å². The molecule has 0 saturated carbocycles. The molecule has 1 nitrogen and oxygen atoms in total. The van der Waals surface area contributed by atoms with Crippen LogP contribution in [-0.2, 0) is 13.5 Å². The lowest BCUT2D eigenvalue weighted by Crippen LogP contribution is -3.00. The van der Waals surface area contributed by atoms with Crippen LogP contribution in [0.4, 0.5) is 0 Å². The number of nitrogens with zero attached hydrogens (tertiary/aromatic N) is 1. The number of unbranched alkanes of at least 4 members (excludes halogenated alkanes) is 11. The standard InChI is InChI=1S/C20H36N.BrH/c1-3-4-5-6-7-8-9-10-11-12-13-14-17-20-18-15-16-19-21(20)2;/h15-16,18-19H,3-14,17H2,1-2H3;1H/q+1;/p-1. The summed E-state index contributed by atoms with van der Waals surface area (Å²) in [5.41, 5.74) is 1.46. The van der Waals surface area contributed by atoms with Gasteiger partial charge in [0.15, 0.2) is 11.9 Å². The van der Waals surface area contributed by atoms with Gasteiger partial charge in [0.05, 0.1) is 0 Å². The minimum Gasteiger partial charge on any atom is -1.00 e. The van der Waals surface area contributed by atoms with E-state index in [1.165, 1.54) is 89.2 Å². The highest BCUT2D eigenvalue weighted by Crippen LogP contribution is 2.12. The molecule has 0 aliphatic heterocycles. The first-order valence-electron chi connectivity index (χ1n) is 9.28. The molecule has 1 aromatic rings. The molecule has 0 aromatic carbocycles. The van der Waals surface area contributed by atoms with E-state index in [2.05, 4.69) is 42.9 Å². The Morgan fingerprint density at radius 1 is 0.727 bits per heavy atom. The molecule has 0 unspecified atom stereocenters. The van der Waals surface area contributed by atoms with Crippen LogP contribution in [-0.4, -0.2) is 0 Å². The highest BCUT2D eigenvalue weighted by molar-refractivity contribution is 4.96. The zero-order chi connectivity index (χ0) is 15.2. The highest BCUT2D eigenvalue weighted by Gasteiger charge is 2.03. The molecule has 0 bridgehead atoms. The molecule has 1 heterocycles. The van der Waals surface area contributed by atoms with Gasteiger partial charge in [-0.3, -0.25) is 0 Å². The van der Waals surface area contributed by atoms with Gasteiger partial charge in [-0.25, -0.2) is 4.57 Å². The van der Waals surface area contributed by atoms with Crippen molar-refractivity contribution in [2.75, 3.05) is 0 Å². The molecule has 0 spiro atoms. The molecule has 0 N–H and O–H groups in total. The van der Waals surface area contributed by atoms with Gasteiger partial charge < -0.3 is 17.0 Å². The molecule has 0 atom stereocenters. The van der Waals surface area contributed by atoms with Gasteiger partial charge in [0, 0.05) is 18.6 Å². The van der Waals surface area contributed by atoms with Crippen LogP contribution in [0.3, 0.4) is 0 Å². The lowest BCUT2D eigenvalue weighted by Gasteiger charge is -2.03. The minimum absolute atomic E-state index is 0. The number of hydrogen-bond acceptors (Lipinski definition) is 0. The first-order valence-corrected chi connectivity index (χ1v) is 9.28. The van der Waals surface area contributed by atoms with E-state index >= 15 is 0 Å². The molecule has 22 heavy (non-hydrogen) atoms. The van der Waals surface area contributed by atoms with Crippen molar-refractivity contribution in [2.45, 2.75) is 90.4 Å². The Bertz CT molecular complexity index is 351. The molecular weight excluding hydrogens is 334 g/mol. The highest BCUT2D eigenvalue weighted by atomic mass is 79.9. The van der Waals surface area contributed by atoms with E-state index in [1.807, 2.05) is 0 Å². The molecule has 1 aromatic heterocycles. The number of aromatic nitrogens is 1. The molecule has 0 amide bonds. The summed E-state index contributed by atoms with van der Waals surface area (Å²) in [5, 5.41) is 0. The maximum Gasteiger partial charge on any atom is 0.181 e. The van der Waals surface area contributed by atoms with E-state index < -0.39 is 0 Å². The third-order valence-corrected chi connectivity index (χ3v) is 4.45. The lowest BCUT2D eigenvalue weighted by atomic mass is 10.0. The fourth-order valence-electron chi connectivity index (χ4n) is 2.97. The molecule has 0 radical (unpaired) electrons. The maximum atomic E-state index is 2.29. The van der Waals surface area contributed by atoms with Crippen molar-refractivity contribution in [1.29, 1.82) is 0 Å². The van der Waals surface area contributed by atoms with E-state index in [-0.39, 0.29) is 17.0 Å². The first-order chi connectivity index (χ1) is 10.3. The summed E-state index contributed by atoms with van der Waals surface area (Å²) >= 11 is 0. The van der Waals surface area contributed by atoms with E-state index in [4.69, 9.17) is 0 Å². The summed E-state index contributed by atoms with van der Waals surface area (Å²) in [6.45, 7) is 2.29. The van der Waals surface area contributed by atoms with Gasteiger partial charge in [-0.2, -0.15) is 0 Å². The number of aryl methyl sites for hydroxylation is 2. The Morgan fingerprint density at radius 3 is 1.73 bits per heavy atom. The van der Waals surface area contributed by atoms with E-state index in [9.17, 15) is 0 Å². The summed E-state index contributed by atoms with van der Waals surface area (Å²) < 4.78 is 2.25. The van der Waals surface area contributed by atoms with Crippen molar-refractivity contribution in [3.63, 3.8) is 0 Å². The Morgan fingerprint density at radius 2 is 1.23 bits per heavy atom. The predicted octanol–water partition coefficient (Wildman–Crippen LogP) is 2.76. The third-order valence-electron chi connectivity index (χ3n) is 4.45. The van der Waals surface area contributed by atoms with Crippen LogP contribution in [0.2, 0.25) is 0 Å². The predicted molar refractivity (Wildman–Crippen MR) is 92.4 cm³/mol. The fraction of sp³-hybridized carbons (Fsp3) is 0.750. The number of pyridine rings is 1. The minimum atomic E-state index is 0. The van der Waals surface area contributed by atoms with Crippen LogP contribution in [0.25, 0.3) is 0 Å². The van der Waals surface area contributed by atoms with Gasteiger partial charge in [0.2, 0.25) is 0 Å². The average molecular weight is 370 g/mol. The number of rotatable bonds is 13. The SMILES string of the molecule is CCCCCCCCCCCCCCc1cccc[n+]1C.[Br-]. The Labute approximate surface area is 149 Å². The number of halogens is 1. The molecular formula is C20H36BrN. The third kappa shape index (κ3) is 11.2. The normalized spacial score (nSPS) is 10.5. The summed E-state index contributed by atoms with van der Waals surface area (Å²) in [6.07, 6.45) is 20.5. The second kappa shape index (κ2) is 15.5. The van der Waals surface area contributed by atoms with Crippen LogP contribution in [0.1, 0.15) is 89.7 Å². The van der Waals surface area contributed by atoms with Gasteiger partial charge in [0.1, 0.15) is 7.05 Å². The van der Waals surface area contributed by atoms with Crippen LogP contribution >= 0.6 is 0 Å². The lowest BCUT2D eigenvalue weighted by molar-refractivity contribution is -0.679. The molecule has 0 saturated heterocycles. The van der Waals surface area contributed by atoms with Crippen molar-refractivity contribution in [3.05, 3.63) is 30.1 Å². The van der Waals surface area contributed by atoms with Gasteiger partial charge in [-0.1, -0.05) is 83.6 Å². The maximum absolute atomic E-state index is 2.29. The summed E-state index contributed by atoms with van der Waals surface area (Å²) in [7, 11) is 2.15. The quantitative estimate of drug-likeness (QED) is 0.371. The molecule has 2 heteroatoms. The Kier molecular flexibility index (Phi) is 15.3. The molecule has 0 aliphatic carbocycles. The first kappa shape index (κ1) is 21.6. The largest absolute Gasteiger partial charge is 1.00 e. The molecule has 0 aliphatic rings. The van der Waals surface area contributed by atoms with Crippen molar-refractivity contribution in [1.82, 2.24) is 0 Å².